The second-order valence-electron chi connectivity index (χ2n) is 9.57. The molecule has 2 aliphatic heterocycles. The molecule has 0 amide bonds. The van der Waals surface area contributed by atoms with Crippen LogP contribution in [0.2, 0.25) is 0 Å². The molecule has 0 saturated carbocycles. The zero-order chi connectivity index (χ0) is 20.5. The molecule has 1 saturated heterocycles. The molecule has 3 rings (SSSR count). The van der Waals surface area contributed by atoms with Crippen molar-refractivity contribution in [3.63, 3.8) is 0 Å². The molecule has 158 valence electrons. The van der Waals surface area contributed by atoms with E-state index in [2.05, 4.69) is 30.9 Å². The Labute approximate surface area is 170 Å². The van der Waals surface area contributed by atoms with Crippen molar-refractivity contribution < 1.29 is 19.3 Å². The van der Waals surface area contributed by atoms with E-state index in [9.17, 15) is 5.11 Å². The van der Waals surface area contributed by atoms with Crippen LogP contribution in [0.4, 0.5) is 0 Å². The summed E-state index contributed by atoms with van der Waals surface area (Å²) in [5.74, 6) is 2.23. The smallest absolute Gasteiger partial charge is 0.161 e. The summed E-state index contributed by atoms with van der Waals surface area (Å²) < 4.78 is 17.8. The number of methoxy groups -OCH3 is 1. The first-order valence-corrected chi connectivity index (χ1v) is 10.6. The van der Waals surface area contributed by atoms with Gasteiger partial charge in [-0.25, -0.2) is 0 Å². The molecule has 3 atom stereocenters. The summed E-state index contributed by atoms with van der Waals surface area (Å²) in [5.41, 5.74) is 2.31. The molecule has 1 N–H and O–H groups in total. The molecule has 3 unspecified atom stereocenters. The molecule has 2 aliphatic rings. The molecule has 0 spiro atoms. The summed E-state index contributed by atoms with van der Waals surface area (Å²) in [6.07, 6.45) is 2.09. The molecular formula is C23H37NO4. The van der Waals surface area contributed by atoms with Gasteiger partial charge < -0.3 is 19.3 Å². The van der Waals surface area contributed by atoms with E-state index in [0.717, 1.165) is 37.4 Å². The Kier molecular flexibility index (Phi) is 6.58. The van der Waals surface area contributed by atoms with Crippen LogP contribution in [0.3, 0.4) is 0 Å². The Morgan fingerprint density at radius 1 is 1.21 bits per heavy atom. The van der Waals surface area contributed by atoms with Crippen molar-refractivity contribution in [3.05, 3.63) is 23.3 Å². The minimum Gasteiger partial charge on any atom is -0.493 e. The van der Waals surface area contributed by atoms with Crippen LogP contribution < -0.4 is 9.47 Å². The lowest BCUT2D eigenvalue weighted by molar-refractivity contribution is -0.149. The van der Waals surface area contributed by atoms with E-state index in [1.807, 2.05) is 20.8 Å². The number of piperidine rings is 1. The average molecular weight is 392 g/mol. The van der Waals surface area contributed by atoms with E-state index in [-0.39, 0.29) is 17.7 Å². The Morgan fingerprint density at radius 2 is 1.96 bits per heavy atom. The van der Waals surface area contributed by atoms with Gasteiger partial charge in [0.15, 0.2) is 11.5 Å². The number of aliphatic hydroxyl groups excluding tert-OH is 1. The van der Waals surface area contributed by atoms with Gasteiger partial charge in [0, 0.05) is 19.1 Å². The molecule has 0 aromatic heterocycles. The van der Waals surface area contributed by atoms with Gasteiger partial charge in [-0.3, -0.25) is 4.90 Å². The van der Waals surface area contributed by atoms with Gasteiger partial charge in [0.2, 0.25) is 0 Å². The Hall–Kier alpha value is -1.30. The van der Waals surface area contributed by atoms with Gasteiger partial charge in [-0.05, 0) is 69.2 Å². The zero-order valence-corrected chi connectivity index (χ0v) is 18.3. The number of ether oxygens (including phenoxy) is 3. The largest absolute Gasteiger partial charge is 0.493 e. The molecule has 0 aliphatic carbocycles. The first kappa shape index (κ1) is 21.4. The Bertz CT molecular complexity index is 667. The van der Waals surface area contributed by atoms with Crippen LogP contribution in [-0.2, 0) is 11.2 Å². The lowest BCUT2D eigenvalue weighted by atomic mass is 9.84. The minimum atomic E-state index is -0.459. The maximum atomic E-state index is 10.7. The number of fused-ring (bicyclic) bond motifs is 3. The van der Waals surface area contributed by atoms with E-state index in [0.29, 0.717) is 18.9 Å². The van der Waals surface area contributed by atoms with E-state index in [1.165, 1.54) is 11.1 Å². The molecule has 0 bridgehead atoms. The summed E-state index contributed by atoms with van der Waals surface area (Å²) in [4.78, 5) is 2.45. The fraction of sp³-hybridized carbons (Fsp3) is 0.739. The maximum absolute atomic E-state index is 10.7. The number of nitrogens with zero attached hydrogens (tertiary/aromatic N) is 1. The van der Waals surface area contributed by atoms with E-state index >= 15 is 0 Å². The standard InChI is InChI=1S/C23H37NO4/c1-15(2)8-10-27-21-11-16-7-9-24-14-22(28-23(3,4)5)19(25)13-18(24)17(16)12-20(21)26-6/h11-12,15,18-19,22,25H,7-10,13-14H2,1-6H3. The summed E-state index contributed by atoms with van der Waals surface area (Å²) in [6.45, 7) is 13.0. The van der Waals surface area contributed by atoms with Gasteiger partial charge >= 0.3 is 0 Å². The SMILES string of the molecule is COc1cc2c(cc1OCCC(C)C)CCN1CC(OC(C)(C)C)C(O)CC21. The third kappa shape index (κ3) is 5.00. The van der Waals surface area contributed by atoms with E-state index in [4.69, 9.17) is 14.2 Å². The van der Waals surface area contributed by atoms with Crippen LogP contribution in [0.1, 0.15) is 64.6 Å². The van der Waals surface area contributed by atoms with Crippen LogP contribution in [0.25, 0.3) is 0 Å². The molecule has 5 nitrogen and oxygen atoms in total. The van der Waals surface area contributed by atoms with Crippen LogP contribution in [0.15, 0.2) is 12.1 Å². The fourth-order valence-electron chi connectivity index (χ4n) is 4.24. The molecular weight excluding hydrogens is 354 g/mol. The van der Waals surface area contributed by atoms with Crippen molar-refractivity contribution in [3.8, 4) is 11.5 Å². The monoisotopic (exact) mass is 391 g/mol. The topological polar surface area (TPSA) is 51.2 Å². The first-order chi connectivity index (χ1) is 13.2. The van der Waals surface area contributed by atoms with Crippen LogP contribution in [0, 0.1) is 5.92 Å². The predicted molar refractivity (Wildman–Crippen MR) is 111 cm³/mol. The molecule has 1 aromatic rings. The summed E-state index contributed by atoms with van der Waals surface area (Å²) in [5, 5.41) is 10.7. The van der Waals surface area contributed by atoms with Crippen molar-refractivity contribution in [1.29, 1.82) is 0 Å². The Morgan fingerprint density at radius 3 is 2.61 bits per heavy atom. The normalized spacial score (nSPS) is 25.4. The lowest BCUT2D eigenvalue weighted by Gasteiger charge is -2.46. The Balaban J connectivity index is 1.78. The number of aliphatic hydroxyl groups is 1. The van der Waals surface area contributed by atoms with E-state index in [1.54, 1.807) is 7.11 Å². The predicted octanol–water partition coefficient (Wildman–Crippen LogP) is 3.97. The third-order valence-electron chi connectivity index (χ3n) is 5.66. The zero-order valence-electron chi connectivity index (χ0n) is 18.3. The van der Waals surface area contributed by atoms with Crippen LogP contribution in [0.5, 0.6) is 11.5 Å². The van der Waals surface area contributed by atoms with E-state index < -0.39 is 6.10 Å². The summed E-state index contributed by atoms with van der Waals surface area (Å²) in [6, 6.07) is 4.47. The highest BCUT2D eigenvalue weighted by Gasteiger charge is 2.40. The number of hydrogen-bond donors (Lipinski definition) is 1. The second-order valence-corrected chi connectivity index (χ2v) is 9.57. The van der Waals surface area contributed by atoms with Crippen molar-refractivity contribution in [2.45, 2.75) is 77.7 Å². The number of benzene rings is 1. The summed E-state index contributed by atoms with van der Waals surface area (Å²) in [7, 11) is 1.69. The molecule has 5 heteroatoms. The van der Waals surface area contributed by atoms with Crippen LogP contribution >= 0.6 is 0 Å². The fourth-order valence-corrected chi connectivity index (χ4v) is 4.24. The van der Waals surface area contributed by atoms with Gasteiger partial charge in [0.1, 0.15) is 0 Å². The quantitative estimate of drug-likeness (QED) is 0.795. The van der Waals surface area contributed by atoms with Gasteiger partial charge in [-0.15, -0.1) is 0 Å². The summed E-state index contributed by atoms with van der Waals surface area (Å²) >= 11 is 0. The maximum Gasteiger partial charge on any atom is 0.161 e. The van der Waals surface area contributed by atoms with Crippen LogP contribution in [-0.4, -0.2) is 54.6 Å². The van der Waals surface area contributed by atoms with Crippen molar-refractivity contribution >= 4 is 0 Å². The van der Waals surface area contributed by atoms with Gasteiger partial charge in [0.25, 0.3) is 0 Å². The molecule has 1 aromatic carbocycles. The average Bonchev–Trinajstić information content (AvgIpc) is 2.60. The highest BCUT2D eigenvalue weighted by molar-refractivity contribution is 5.49. The van der Waals surface area contributed by atoms with Gasteiger partial charge in [0.05, 0.1) is 31.5 Å². The molecule has 0 radical (unpaired) electrons. The molecule has 2 heterocycles. The first-order valence-electron chi connectivity index (χ1n) is 10.6. The highest BCUT2D eigenvalue weighted by atomic mass is 16.5. The third-order valence-corrected chi connectivity index (χ3v) is 5.66. The van der Waals surface area contributed by atoms with Gasteiger partial charge in [-0.2, -0.15) is 0 Å². The lowest BCUT2D eigenvalue weighted by Crippen LogP contribution is -2.53. The van der Waals surface area contributed by atoms with Crippen molar-refractivity contribution in [2.24, 2.45) is 5.92 Å². The second kappa shape index (κ2) is 8.60. The van der Waals surface area contributed by atoms with Gasteiger partial charge in [-0.1, -0.05) is 13.8 Å². The number of rotatable bonds is 6. The molecule has 28 heavy (non-hydrogen) atoms. The molecule has 1 fully saturated rings. The number of hydrogen-bond acceptors (Lipinski definition) is 5. The van der Waals surface area contributed by atoms with Crippen molar-refractivity contribution in [1.82, 2.24) is 4.90 Å². The minimum absolute atomic E-state index is 0.140. The highest BCUT2D eigenvalue weighted by Crippen LogP contribution is 2.42. The van der Waals surface area contributed by atoms with Crippen molar-refractivity contribution in [2.75, 3.05) is 26.8 Å².